The van der Waals surface area contributed by atoms with Crippen molar-refractivity contribution in [2.75, 3.05) is 0 Å². The molecule has 0 fully saturated rings. The van der Waals surface area contributed by atoms with E-state index in [1.165, 1.54) is 5.48 Å². The lowest BCUT2D eigenvalue weighted by Crippen LogP contribution is -2.38. The third-order valence-electron chi connectivity index (χ3n) is 3.82. The number of rotatable bonds is 10. The maximum Gasteiger partial charge on any atom is 0.254 e. The SMILES string of the molecule is CC(F)(CCC(CC(O)CCc1cccs1)C(=O)NO)C(N)=O. The van der Waals surface area contributed by atoms with Gasteiger partial charge in [0, 0.05) is 10.8 Å². The van der Waals surface area contributed by atoms with Crippen LogP contribution >= 0.6 is 11.3 Å². The van der Waals surface area contributed by atoms with Gasteiger partial charge in [-0.1, -0.05) is 6.07 Å². The van der Waals surface area contributed by atoms with E-state index in [-0.39, 0.29) is 19.3 Å². The molecule has 0 aromatic carbocycles. The normalized spacial score (nSPS) is 16.3. The summed E-state index contributed by atoms with van der Waals surface area (Å²) < 4.78 is 13.9. The number of aliphatic hydroxyl groups is 1. The lowest BCUT2D eigenvalue weighted by molar-refractivity contribution is -0.136. The van der Waals surface area contributed by atoms with Gasteiger partial charge in [0.25, 0.3) is 5.91 Å². The van der Waals surface area contributed by atoms with Crippen LogP contribution < -0.4 is 11.2 Å². The van der Waals surface area contributed by atoms with E-state index in [2.05, 4.69) is 0 Å². The predicted octanol–water partition coefficient (Wildman–Crippen LogP) is 1.55. The molecule has 3 unspecified atom stereocenters. The minimum Gasteiger partial charge on any atom is -0.393 e. The number of aryl methyl sites for hydroxylation is 1. The maximum absolute atomic E-state index is 13.9. The first-order chi connectivity index (χ1) is 10.8. The Hall–Kier alpha value is -1.51. The van der Waals surface area contributed by atoms with Gasteiger partial charge in [-0.2, -0.15) is 0 Å². The third kappa shape index (κ3) is 6.64. The van der Waals surface area contributed by atoms with Gasteiger partial charge in [0.2, 0.25) is 5.91 Å². The summed E-state index contributed by atoms with van der Waals surface area (Å²) in [5.74, 6) is -2.60. The molecule has 0 saturated heterocycles. The molecule has 3 atom stereocenters. The maximum atomic E-state index is 13.9. The summed E-state index contributed by atoms with van der Waals surface area (Å²) in [5.41, 5.74) is 4.25. The standard InChI is InChI=1S/C15H23FN2O4S/c1-15(16,14(17)21)7-6-10(13(20)18-22)9-11(19)4-5-12-3-2-8-23-12/h2-3,8,10-11,19,22H,4-7,9H2,1H3,(H2,17,21)(H,18,20). The Morgan fingerprint density at radius 2 is 2.17 bits per heavy atom. The molecule has 2 amide bonds. The number of nitrogens with one attached hydrogen (secondary N) is 1. The van der Waals surface area contributed by atoms with Crippen molar-refractivity contribution < 1.29 is 24.3 Å². The molecular formula is C15H23FN2O4S. The van der Waals surface area contributed by atoms with E-state index in [0.29, 0.717) is 12.8 Å². The predicted molar refractivity (Wildman–Crippen MR) is 84.6 cm³/mol. The average molecular weight is 346 g/mol. The zero-order valence-corrected chi connectivity index (χ0v) is 13.8. The zero-order chi connectivity index (χ0) is 17.5. The number of hydroxylamine groups is 1. The molecule has 1 aromatic rings. The van der Waals surface area contributed by atoms with Crippen molar-refractivity contribution >= 4 is 23.2 Å². The van der Waals surface area contributed by atoms with Crippen LogP contribution in [-0.4, -0.2) is 33.9 Å². The summed E-state index contributed by atoms with van der Waals surface area (Å²) in [6.07, 6.45) is 0.189. The van der Waals surface area contributed by atoms with Crippen LogP contribution in [0.5, 0.6) is 0 Å². The number of primary amides is 1. The van der Waals surface area contributed by atoms with Gasteiger partial charge in [-0.15, -0.1) is 11.3 Å². The van der Waals surface area contributed by atoms with Gasteiger partial charge in [-0.25, -0.2) is 9.87 Å². The van der Waals surface area contributed by atoms with Gasteiger partial charge in [-0.3, -0.25) is 14.8 Å². The van der Waals surface area contributed by atoms with Gasteiger partial charge >= 0.3 is 0 Å². The van der Waals surface area contributed by atoms with Crippen molar-refractivity contribution in [1.29, 1.82) is 0 Å². The fourth-order valence-corrected chi connectivity index (χ4v) is 2.95. The van der Waals surface area contributed by atoms with Crippen LogP contribution in [0.15, 0.2) is 17.5 Å². The number of thiophene rings is 1. The van der Waals surface area contributed by atoms with Crippen LogP contribution in [0.25, 0.3) is 0 Å². The van der Waals surface area contributed by atoms with Crippen molar-refractivity contribution in [3.63, 3.8) is 0 Å². The first-order valence-corrected chi connectivity index (χ1v) is 8.27. The number of hydrogen-bond donors (Lipinski definition) is 4. The summed E-state index contributed by atoms with van der Waals surface area (Å²) >= 11 is 1.58. The lowest BCUT2D eigenvalue weighted by atomic mass is 9.89. The zero-order valence-electron chi connectivity index (χ0n) is 13.0. The monoisotopic (exact) mass is 346 g/mol. The van der Waals surface area contributed by atoms with E-state index < -0.39 is 29.5 Å². The Kier molecular flexibility index (Phi) is 7.60. The quantitative estimate of drug-likeness (QED) is 0.380. The highest BCUT2D eigenvalue weighted by atomic mass is 32.1. The Morgan fingerprint density at radius 3 is 2.70 bits per heavy atom. The number of hydrogen-bond acceptors (Lipinski definition) is 5. The lowest BCUT2D eigenvalue weighted by Gasteiger charge is -2.22. The van der Waals surface area contributed by atoms with Crippen molar-refractivity contribution in [3.05, 3.63) is 22.4 Å². The van der Waals surface area contributed by atoms with Gasteiger partial charge in [-0.05, 0) is 50.5 Å². The Morgan fingerprint density at radius 1 is 1.48 bits per heavy atom. The van der Waals surface area contributed by atoms with Crippen LogP contribution in [0.1, 0.15) is 37.5 Å². The molecule has 0 aliphatic carbocycles. The molecule has 1 rings (SSSR count). The van der Waals surface area contributed by atoms with Crippen molar-refractivity contribution in [3.8, 4) is 0 Å². The smallest absolute Gasteiger partial charge is 0.254 e. The largest absolute Gasteiger partial charge is 0.393 e. The highest BCUT2D eigenvalue weighted by Crippen LogP contribution is 2.24. The molecule has 0 saturated carbocycles. The van der Waals surface area contributed by atoms with E-state index in [1.807, 2.05) is 17.5 Å². The van der Waals surface area contributed by atoms with Crippen LogP contribution in [0.4, 0.5) is 4.39 Å². The first-order valence-electron chi connectivity index (χ1n) is 7.39. The molecule has 23 heavy (non-hydrogen) atoms. The summed E-state index contributed by atoms with van der Waals surface area (Å²) in [4.78, 5) is 23.8. The molecule has 8 heteroatoms. The fraction of sp³-hybridized carbons (Fsp3) is 0.600. The van der Waals surface area contributed by atoms with Crippen molar-refractivity contribution in [1.82, 2.24) is 5.48 Å². The van der Waals surface area contributed by atoms with Crippen LogP contribution in [-0.2, 0) is 16.0 Å². The number of carbonyl (C=O) groups is 2. The van der Waals surface area contributed by atoms with E-state index >= 15 is 0 Å². The minimum absolute atomic E-state index is 0.00159. The number of alkyl halides is 1. The summed E-state index contributed by atoms with van der Waals surface area (Å²) in [5, 5.41) is 20.8. The topological polar surface area (TPSA) is 113 Å². The van der Waals surface area contributed by atoms with E-state index in [9.17, 15) is 19.1 Å². The summed E-state index contributed by atoms with van der Waals surface area (Å²) in [7, 11) is 0. The molecular weight excluding hydrogens is 323 g/mol. The first kappa shape index (κ1) is 19.5. The second-order valence-corrected chi connectivity index (χ2v) is 6.81. The average Bonchev–Trinajstić information content (AvgIpc) is 3.01. The number of amides is 2. The molecule has 5 N–H and O–H groups in total. The number of nitrogens with two attached hydrogens (primary N) is 1. The summed E-state index contributed by atoms with van der Waals surface area (Å²) in [6, 6.07) is 3.87. The van der Waals surface area contributed by atoms with E-state index in [4.69, 9.17) is 10.9 Å². The number of aliphatic hydroxyl groups excluding tert-OH is 1. The highest BCUT2D eigenvalue weighted by Gasteiger charge is 2.33. The molecule has 0 aliphatic heterocycles. The molecule has 130 valence electrons. The van der Waals surface area contributed by atoms with Crippen LogP contribution in [0, 0.1) is 5.92 Å². The molecule has 0 aliphatic rings. The summed E-state index contributed by atoms with van der Waals surface area (Å²) in [6.45, 7) is 1.05. The Labute approximate surface area is 138 Å². The van der Waals surface area contributed by atoms with Gasteiger partial charge < -0.3 is 10.8 Å². The Balaban J connectivity index is 2.53. The van der Waals surface area contributed by atoms with Gasteiger partial charge in [0.1, 0.15) is 0 Å². The molecule has 1 aromatic heterocycles. The van der Waals surface area contributed by atoms with E-state index in [0.717, 1.165) is 11.8 Å². The van der Waals surface area contributed by atoms with E-state index in [1.54, 1.807) is 11.3 Å². The highest BCUT2D eigenvalue weighted by molar-refractivity contribution is 7.09. The molecule has 0 radical (unpaired) electrons. The Bertz CT molecular complexity index is 508. The van der Waals surface area contributed by atoms with Crippen molar-refractivity contribution in [2.45, 2.75) is 50.8 Å². The molecule has 0 bridgehead atoms. The second kappa shape index (κ2) is 8.95. The van der Waals surface area contributed by atoms with Crippen LogP contribution in [0.3, 0.4) is 0 Å². The van der Waals surface area contributed by atoms with Gasteiger partial charge in [0.05, 0.1) is 6.10 Å². The van der Waals surface area contributed by atoms with Crippen LogP contribution in [0.2, 0.25) is 0 Å². The molecule has 6 nitrogen and oxygen atoms in total. The third-order valence-corrected chi connectivity index (χ3v) is 4.75. The fourth-order valence-electron chi connectivity index (χ4n) is 2.23. The number of halogens is 1. The number of carbonyl (C=O) groups excluding carboxylic acids is 2. The minimum atomic E-state index is -2.23. The van der Waals surface area contributed by atoms with Crippen molar-refractivity contribution in [2.24, 2.45) is 11.7 Å². The second-order valence-electron chi connectivity index (χ2n) is 5.78. The molecule has 1 heterocycles. The van der Waals surface area contributed by atoms with Gasteiger partial charge in [0.15, 0.2) is 5.67 Å². The molecule has 0 spiro atoms.